The minimum atomic E-state index is 0.0325. The van der Waals surface area contributed by atoms with Gasteiger partial charge in [0.2, 0.25) is 0 Å². The molecule has 0 radical (unpaired) electrons. The Labute approximate surface area is 161 Å². The van der Waals surface area contributed by atoms with Gasteiger partial charge in [-0.15, -0.1) is 0 Å². The second kappa shape index (κ2) is 8.13. The number of hydrogen-bond donors (Lipinski definition) is 0. The first-order valence-corrected chi connectivity index (χ1v) is 9.47. The summed E-state index contributed by atoms with van der Waals surface area (Å²) in [5.41, 5.74) is 2.25. The zero-order chi connectivity index (χ0) is 19.4. The number of ether oxygens (including phenoxy) is 1. The topological polar surface area (TPSA) is 58.8 Å². The maximum absolute atomic E-state index is 12.4. The molecule has 0 saturated carbocycles. The maximum atomic E-state index is 12.4. The van der Waals surface area contributed by atoms with Gasteiger partial charge < -0.3 is 14.2 Å². The summed E-state index contributed by atoms with van der Waals surface area (Å²) in [7, 11) is 0. The Morgan fingerprint density at radius 3 is 2.37 bits per heavy atom. The van der Waals surface area contributed by atoms with E-state index in [1.807, 2.05) is 30.0 Å². The largest absolute Gasteiger partial charge is 0.484 e. The van der Waals surface area contributed by atoms with Crippen LogP contribution in [0.25, 0.3) is 0 Å². The van der Waals surface area contributed by atoms with Crippen molar-refractivity contribution in [3.63, 3.8) is 0 Å². The predicted molar refractivity (Wildman–Crippen MR) is 104 cm³/mol. The van der Waals surface area contributed by atoms with Crippen LogP contribution < -0.4 is 4.74 Å². The molecular weight excluding hydrogens is 342 g/mol. The Morgan fingerprint density at radius 2 is 1.81 bits per heavy atom. The van der Waals surface area contributed by atoms with Gasteiger partial charge in [0.25, 0.3) is 5.91 Å². The van der Waals surface area contributed by atoms with Gasteiger partial charge >= 0.3 is 0 Å². The number of amides is 1. The van der Waals surface area contributed by atoms with Crippen LogP contribution in [0.5, 0.6) is 5.75 Å². The highest BCUT2D eigenvalue weighted by atomic mass is 16.5. The van der Waals surface area contributed by atoms with Gasteiger partial charge in [-0.1, -0.05) is 38.1 Å². The summed E-state index contributed by atoms with van der Waals surface area (Å²) in [5, 5.41) is 3.91. The molecule has 0 bridgehead atoms. The number of aromatic nitrogens is 1. The van der Waals surface area contributed by atoms with Crippen molar-refractivity contribution in [1.82, 2.24) is 15.0 Å². The lowest BCUT2D eigenvalue weighted by atomic mass is 9.87. The molecule has 6 heteroatoms. The maximum Gasteiger partial charge on any atom is 0.260 e. The molecule has 146 valence electrons. The minimum absolute atomic E-state index is 0.0325. The quantitative estimate of drug-likeness (QED) is 0.809. The van der Waals surface area contributed by atoms with Crippen LogP contribution in [0.1, 0.15) is 37.8 Å². The van der Waals surface area contributed by atoms with E-state index in [1.54, 1.807) is 0 Å². The molecule has 0 spiro atoms. The fourth-order valence-electron chi connectivity index (χ4n) is 3.15. The summed E-state index contributed by atoms with van der Waals surface area (Å²) in [6, 6.07) is 9.94. The van der Waals surface area contributed by atoms with Crippen molar-refractivity contribution in [2.75, 3.05) is 32.8 Å². The van der Waals surface area contributed by atoms with Crippen LogP contribution in [0, 0.1) is 6.92 Å². The van der Waals surface area contributed by atoms with Crippen molar-refractivity contribution in [3.8, 4) is 5.75 Å². The first kappa shape index (κ1) is 19.4. The van der Waals surface area contributed by atoms with E-state index in [9.17, 15) is 4.79 Å². The number of benzene rings is 1. The summed E-state index contributed by atoms with van der Waals surface area (Å²) in [4.78, 5) is 16.6. The molecule has 1 aromatic carbocycles. The van der Waals surface area contributed by atoms with E-state index in [2.05, 4.69) is 43.0 Å². The Balaban J connectivity index is 1.43. The lowest BCUT2D eigenvalue weighted by Crippen LogP contribution is -2.49. The first-order valence-electron chi connectivity index (χ1n) is 9.47. The molecule has 1 amide bonds. The monoisotopic (exact) mass is 371 g/mol. The van der Waals surface area contributed by atoms with Gasteiger partial charge in [-0.3, -0.25) is 9.69 Å². The molecule has 0 atom stereocenters. The average molecular weight is 371 g/mol. The number of piperazine rings is 1. The smallest absolute Gasteiger partial charge is 0.260 e. The van der Waals surface area contributed by atoms with Gasteiger partial charge in [-0.05, 0) is 30.0 Å². The van der Waals surface area contributed by atoms with Gasteiger partial charge in [0.1, 0.15) is 5.75 Å². The zero-order valence-corrected chi connectivity index (χ0v) is 16.7. The fourth-order valence-corrected chi connectivity index (χ4v) is 3.15. The van der Waals surface area contributed by atoms with Gasteiger partial charge in [0, 0.05) is 32.2 Å². The number of carbonyl (C=O) groups is 1. The zero-order valence-electron chi connectivity index (χ0n) is 16.7. The summed E-state index contributed by atoms with van der Waals surface area (Å²) in [5.74, 6) is 1.63. The summed E-state index contributed by atoms with van der Waals surface area (Å²) in [6.45, 7) is 12.3. The van der Waals surface area contributed by atoms with Crippen LogP contribution in [0.2, 0.25) is 0 Å². The average Bonchev–Trinajstić information content (AvgIpc) is 3.04. The molecule has 0 unspecified atom stereocenters. The second-order valence-corrected chi connectivity index (χ2v) is 8.15. The Bertz CT molecular complexity index is 754. The SMILES string of the molecule is Cc1cc(CN2CCN(C(=O)COc3ccc(C(C)(C)C)cc3)CC2)on1. The van der Waals surface area contributed by atoms with Crippen LogP contribution in [-0.2, 0) is 16.8 Å². The molecule has 3 rings (SSSR count). The number of nitrogens with zero attached hydrogens (tertiary/aromatic N) is 3. The van der Waals surface area contributed by atoms with Crippen molar-refractivity contribution in [3.05, 3.63) is 47.3 Å². The van der Waals surface area contributed by atoms with Crippen molar-refractivity contribution in [1.29, 1.82) is 0 Å². The van der Waals surface area contributed by atoms with Crippen LogP contribution in [0.4, 0.5) is 0 Å². The van der Waals surface area contributed by atoms with Crippen LogP contribution in [0.3, 0.4) is 0 Å². The van der Waals surface area contributed by atoms with Crippen molar-refractivity contribution in [2.45, 2.75) is 39.7 Å². The molecule has 2 heterocycles. The van der Waals surface area contributed by atoms with E-state index in [4.69, 9.17) is 9.26 Å². The van der Waals surface area contributed by atoms with E-state index in [-0.39, 0.29) is 17.9 Å². The summed E-state index contributed by atoms with van der Waals surface area (Å²) < 4.78 is 11.0. The van der Waals surface area contributed by atoms with E-state index in [0.29, 0.717) is 13.1 Å². The van der Waals surface area contributed by atoms with Gasteiger partial charge in [0.15, 0.2) is 12.4 Å². The predicted octanol–water partition coefficient (Wildman–Crippen LogP) is 3.00. The van der Waals surface area contributed by atoms with E-state index in [0.717, 1.165) is 36.8 Å². The third-order valence-corrected chi connectivity index (χ3v) is 4.86. The number of hydrogen-bond acceptors (Lipinski definition) is 5. The fraction of sp³-hybridized carbons (Fsp3) is 0.524. The number of aryl methyl sites for hydroxylation is 1. The minimum Gasteiger partial charge on any atom is -0.484 e. The highest BCUT2D eigenvalue weighted by Crippen LogP contribution is 2.24. The van der Waals surface area contributed by atoms with Crippen LogP contribution in [-0.4, -0.2) is 53.6 Å². The molecule has 1 aliphatic rings. The second-order valence-electron chi connectivity index (χ2n) is 8.15. The Morgan fingerprint density at radius 1 is 1.15 bits per heavy atom. The van der Waals surface area contributed by atoms with Gasteiger partial charge in [0.05, 0.1) is 12.2 Å². The molecule has 1 aromatic heterocycles. The summed E-state index contributed by atoms with van der Waals surface area (Å²) in [6.07, 6.45) is 0. The molecular formula is C21H29N3O3. The third kappa shape index (κ3) is 5.32. The third-order valence-electron chi connectivity index (χ3n) is 4.86. The van der Waals surface area contributed by atoms with Gasteiger partial charge in [-0.2, -0.15) is 0 Å². The highest BCUT2D eigenvalue weighted by Gasteiger charge is 2.22. The first-order chi connectivity index (χ1) is 12.8. The van der Waals surface area contributed by atoms with Crippen LogP contribution in [0.15, 0.2) is 34.9 Å². The van der Waals surface area contributed by atoms with E-state index in [1.165, 1.54) is 5.56 Å². The van der Waals surface area contributed by atoms with Crippen molar-refractivity contribution in [2.24, 2.45) is 0 Å². The standard InChI is InChI=1S/C21H29N3O3/c1-16-13-19(27-22-16)14-23-9-11-24(12-10-23)20(25)15-26-18-7-5-17(6-8-18)21(2,3)4/h5-8,13H,9-12,14-15H2,1-4H3. The molecule has 27 heavy (non-hydrogen) atoms. The molecule has 1 saturated heterocycles. The molecule has 0 N–H and O–H groups in total. The molecule has 2 aromatic rings. The number of rotatable bonds is 5. The lowest BCUT2D eigenvalue weighted by molar-refractivity contribution is -0.135. The summed E-state index contributed by atoms with van der Waals surface area (Å²) >= 11 is 0. The van der Waals surface area contributed by atoms with Crippen LogP contribution >= 0.6 is 0 Å². The molecule has 0 aliphatic carbocycles. The Kier molecular flexibility index (Phi) is 5.85. The molecule has 1 aliphatic heterocycles. The van der Waals surface area contributed by atoms with Crippen molar-refractivity contribution >= 4 is 5.91 Å². The van der Waals surface area contributed by atoms with Crippen molar-refractivity contribution < 1.29 is 14.1 Å². The Hall–Kier alpha value is -2.34. The molecule has 6 nitrogen and oxygen atoms in total. The highest BCUT2D eigenvalue weighted by molar-refractivity contribution is 5.77. The molecule has 1 fully saturated rings. The normalized spacial score (nSPS) is 15.8. The van der Waals surface area contributed by atoms with Gasteiger partial charge in [-0.25, -0.2) is 0 Å². The van der Waals surface area contributed by atoms with E-state index < -0.39 is 0 Å². The lowest BCUT2D eigenvalue weighted by Gasteiger charge is -2.34. The number of carbonyl (C=O) groups excluding carboxylic acids is 1. The van der Waals surface area contributed by atoms with E-state index >= 15 is 0 Å².